The fraction of sp³-hybridized carbons (Fsp3) is 0.688. The molecule has 0 fully saturated rings. The number of nitrogens with one attached hydrogen (secondary N) is 1. The predicted molar refractivity (Wildman–Crippen MR) is 88.7 cm³/mol. The quantitative estimate of drug-likeness (QED) is 0.552. The summed E-state index contributed by atoms with van der Waals surface area (Å²) in [5.74, 6) is 0. The van der Waals surface area contributed by atoms with Crippen LogP contribution in [-0.4, -0.2) is 11.5 Å². The Bertz CT molecular complexity index is 383. The molecule has 0 bridgehead atoms. The van der Waals surface area contributed by atoms with Crippen LogP contribution in [0.5, 0.6) is 0 Å². The average molecular weight is 317 g/mol. The fourth-order valence-electron chi connectivity index (χ4n) is 2.39. The second-order valence-electron chi connectivity index (χ2n) is 5.19. The van der Waals surface area contributed by atoms with Crippen LogP contribution in [0, 0.1) is 0 Å². The topological polar surface area (TPSA) is 24.9 Å². The summed E-state index contributed by atoms with van der Waals surface area (Å²) in [5.41, 5.74) is 0.923. The van der Waals surface area contributed by atoms with E-state index >= 15 is 0 Å². The summed E-state index contributed by atoms with van der Waals surface area (Å²) in [6.07, 6.45) is 10.6. The van der Waals surface area contributed by atoms with Gasteiger partial charge >= 0.3 is 0 Å². The zero-order valence-electron chi connectivity index (χ0n) is 12.6. The van der Waals surface area contributed by atoms with Crippen LogP contribution in [0.4, 0.5) is 0 Å². The van der Waals surface area contributed by atoms with Gasteiger partial charge in [0.25, 0.3) is 0 Å². The lowest BCUT2D eigenvalue weighted by atomic mass is 10.0. The Hall–Kier alpha value is -0.310. The SMILES string of the molecule is CCCCCCCCC(NCC)c1ncc(Cl)cc1Cl. The number of unbranched alkanes of at least 4 members (excludes halogenated alkanes) is 5. The van der Waals surface area contributed by atoms with Crippen LogP contribution in [0.15, 0.2) is 12.3 Å². The lowest BCUT2D eigenvalue weighted by Gasteiger charge is -2.18. The van der Waals surface area contributed by atoms with Gasteiger partial charge in [0.2, 0.25) is 0 Å². The summed E-state index contributed by atoms with van der Waals surface area (Å²) >= 11 is 12.2. The van der Waals surface area contributed by atoms with Crippen LogP contribution in [0.2, 0.25) is 10.0 Å². The molecule has 1 unspecified atom stereocenters. The first-order valence-electron chi connectivity index (χ1n) is 7.73. The first kappa shape index (κ1) is 17.7. The van der Waals surface area contributed by atoms with E-state index in [4.69, 9.17) is 23.2 Å². The van der Waals surface area contributed by atoms with Crippen molar-refractivity contribution in [1.82, 2.24) is 10.3 Å². The minimum atomic E-state index is 0.232. The summed E-state index contributed by atoms with van der Waals surface area (Å²) in [4.78, 5) is 4.40. The Balaban J connectivity index is 2.47. The largest absolute Gasteiger partial charge is 0.309 e. The molecule has 1 rings (SSSR count). The van der Waals surface area contributed by atoms with Crippen LogP contribution in [0.3, 0.4) is 0 Å². The molecule has 0 spiro atoms. The predicted octanol–water partition coefficient (Wildman–Crippen LogP) is 5.79. The number of pyridine rings is 1. The molecule has 0 aromatic carbocycles. The van der Waals surface area contributed by atoms with E-state index in [0.717, 1.165) is 18.7 Å². The standard InChI is InChI=1S/C16H26Cl2N2/c1-3-5-6-7-8-9-10-15(19-4-2)16-14(18)11-13(17)12-20-16/h11-12,15,19H,3-10H2,1-2H3. The molecule has 1 aromatic rings. The monoisotopic (exact) mass is 316 g/mol. The first-order valence-corrected chi connectivity index (χ1v) is 8.49. The number of nitrogens with zero attached hydrogens (tertiary/aromatic N) is 1. The van der Waals surface area contributed by atoms with Crippen molar-refractivity contribution in [3.63, 3.8) is 0 Å². The van der Waals surface area contributed by atoms with Gasteiger partial charge in [-0.1, -0.05) is 75.6 Å². The molecule has 0 amide bonds. The summed E-state index contributed by atoms with van der Waals surface area (Å²) < 4.78 is 0. The third-order valence-corrected chi connectivity index (χ3v) is 3.97. The molecular formula is C16H26Cl2N2. The van der Waals surface area contributed by atoms with E-state index < -0.39 is 0 Å². The third kappa shape index (κ3) is 6.43. The van der Waals surface area contributed by atoms with Crippen molar-refractivity contribution in [1.29, 1.82) is 0 Å². The van der Waals surface area contributed by atoms with E-state index in [1.165, 1.54) is 38.5 Å². The Morgan fingerprint density at radius 2 is 1.80 bits per heavy atom. The van der Waals surface area contributed by atoms with Crippen molar-refractivity contribution >= 4 is 23.2 Å². The van der Waals surface area contributed by atoms with Gasteiger partial charge in [-0.05, 0) is 19.0 Å². The Labute approximate surface area is 133 Å². The van der Waals surface area contributed by atoms with Crippen LogP contribution < -0.4 is 5.32 Å². The third-order valence-electron chi connectivity index (χ3n) is 3.46. The molecular weight excluding hydrogens is 291 g/mol. The normalized spacial score (nSPS) is 12.6. The molecule has 4 heteroatoms. The van der Waals surface area contributed by atoms with Crippen molar-refractivity contribution in [3.05, 3.63) is 28.0 Å². The van der Waals surface area contributed by atoms with Gasteiger partial charge in [0.05, 0.1) is 21.8 Å². The minimum absolute atomic E-state index is 0.232. The van der Waals surface area contributed by atoms with Crippen LogP contribution in [0.25, 0.3) is 0 Å². The van der Waals surface area contributed by atoms with E-state index in [9.17, 15) is 0 Å². The molecule has 1 N–H and O–H groups in total. The van der Waals surface area contributed by atoms with Gasteiger partial charge in [-0.3, -0.25) is 4.98 Å². The van der Waals surface area contributed by atoms with Gasteiger partial charge in [0.15, 0.2) is 0 Å². The maximum absolute atomic E-state index is 6.25. The van der Waals surface area contributed by atoms with Crippen molar-refractivity contribution in [2.24, 2.45) is 0 Å². The number of halogens is 2. The zero-order chi connectivity index (χ0) is 14.8. The maximum atomic E-state index is 6.25. The molecule has 0 aliphatic heterocycles. The molecule has 2 nitrogen and oxygen atoms in total. The molecule has 0 aliphatic rings. The Kier molecular flexibility index (Phi) is 9.24. The van der Waals surface area contributed by atoms with Gasteiger partial charge in [-0.15, -0.1) is 0 Å². The van der Waals surface area contributed by atoms with E-state index in [0.29, 0.717) is 10.0 Å². The molecule has 114 valence electrons. The van der Waals surface area contributed by atoms with Gasteiger partial charge in [0.1, 0.15) is 0 Å². The Morgan fingerprint density at radius 1 is 1.10 bits per heavy atom. The van der Waals surface area contributed by atoms with E-state index in [2.05, 4.69) is 24.1 Å². The van der Waals surface area contributed by atoms with Crippen molar-refractivity contribution in [3.8, 4) is 0 Å². The highest BCUT2D eigenvalue weighted by atomic mass is 35.5. The van der Waals surface area contributed by atoms with Gasteiger partial charge in [-0.25, -0.2) is 0 Å². The fourth-order valence-corrected chi connectivity index (χ4v) is 2.90. The highest BCUT2D eigenvalue weighted by Crippen LogP contribution is 2.27. The van der Waals surface area contributed by atoms with Crippen LogP contribution in [0.1, 0.15) is 70.5 Å². The van der Waals surface area contributed by atoms with Gasteiger partial charge in [0, 0.05) is 6.20 Å². The van der Waals surface area contributed by atoms with Crippen molar-refractivity contribution < 1.29 is 0 Å². The Morgan fingerprint density at radius 3 is 2.45 bits per heavy atom. The maximum Gasteiger partial charge on any atom is 0.0760 e. The number of hydrogen-bond donors (Lipinski definition) is 1. The molecule has 1 heterocycles. The molecule has 0 aliphatic carbocycles. The van der Waals surface area contributed by atoms with E-state index in [1.807, 2.05) is 0 Å². The summed E-state index contributed by atoms with van der Waals surface area (Å²) in [5, 5.41) is 4.72. The highest BCUT2D eigenvalue weighted by molar-refractivity contribution is 6.34. The molecule has 1 aromatic heterocycles. The molecule has 20 heavy (non-hydrogen) atoms. The van der Waals surface area contributed by atoms with E-state index in [-0.39, 0.29) is 6.04 Å². The first-order chi connectivity index (χ1) is 9.69. The lowest BCUT2D eigenvalue weighted by molar-refractivity contribution is 0.469. The van der Waals surface area contributed by atoms with Gasteiger partial charge < -0.3 is 5.32 Å². The van der Waals surface area contributed by atoms with E-state index in [1.54, 1.807) is 12.3 Å². The summed E-state index contributed by atoms with van der Waals surface area (Å²) in [6, 6.07) is 2.01. The second kappa shape index (κ2) is 10.4. The molecule has 0 radical (unpaired) electrons. The second-order valence-corrected chi connectivity index (χ2v) is 6.03. The van der Waals surface area contributed by atoms with Crippen LogP contribution in [-0.2, 0) is 0 Å². The smallest absolute Gasteiger partial charge is 0.0760 e. The lowest BCUT2D eigenvalue weighted by Crippen LogP contribution is -2.22. The minimum Gasteiger partial charge on any atom is -0.309 e. The average Bonchev–Trinajstić information content (AvgIpc) is 2.42. The molecule has 1 atom stereocenters. The summed E-state index contributed by atoms with van der Waals surface area (Å²) in [6.45, 7) is 5.27. The molecule has 0 saturated carbocycles. The zero-order valence-corrected chi connectivity index (χ0v) is 14.1. The molecule has 0 saturated heterocycles. The van der Waals surface area contributed by atoms with Crippen molar-refractivity contribution in [2.45, 2.75) is 64.8 Å². The summed E-state index contributed by atoms with van der Waals surface area (Å²) in [7, 11) is 0. The van der Waals surface area contributed by atoms with Crippen LogP contribution >= 0.6 is 23.2 Å². The van der Waals surface area contributed by atoms with Gasteiger partial charge in [-0.2, -0.15) is 0 Å². The number of rotatable bonds is 10. The van der Waals surface area contributed by atoms with Crippen molar-refractivity contribution in [2.75, 3.05) is 6.54 Å². The highest BCUT2D eigenvalue weighted by Gasteiger charge is 2.15. The number of aromatic nitrogens is 1. The number of hydrogen-bond acceptors (Lipinski definition) is 2.